The average molecular weight is 359 g/mol. The van der Waals surface area contributed by atoms with Crippen molar-refractivity contribution >= 4 is 11.6 Å². The van der Waals surface area contributed by atoms with Crippen LogP contribution in [0.2, 0.25) is 5.15 Å². The minimum Gasteiger partial charge on any atom is -0.387 e. The van der Waals surface area contributed by atoms with Gasteiger partial charge in [0.15, 0.2) is 0 Å². The van der Waals surface area contributed by atoms with Crippen molar-refractivity contribution in [2.45, 2.75) is 26.1 Å². The van der Waals surface area contributed by atoms with Crippen molar-refractivity contribution in [2.24, 2.45) is 7.05 Å². The largest absolute Gasteiger partial charge is 0.387 e. The van der Waals surface area contributed by atoms with Gasteiger partial charge in [-0.15, -0.1) is 0 Å². The summed E-state index contributed by atoms with van der Waals surface area (Å²) < 4.78 is 6.82. The van der Waals surface area contributed by atoms with E-state index in [0.29, 0.717) is 23.9 Å². The summed E-state index contributed by atoms with van der Waals surface area (Å²) in [5.74, 6) is 0.727. The summed E-state index contributed by atoms with van der Waals surface area (Å²) in [5, 5.41) is 19.6. The third-order valence-electron chi connectivity index (χ3n) is 4.56. The number of halogens is 1. The quantitative estimate of drug-likeness (QED) is 0.779. The second-order valence-electron chi connectivity index (χ2n) is 6.45. The Balaban J connectivity index is 1.66. The number of β-amino-alcohol motifs (C(OH)–C–C–N with tert-alkyl or cyclic N) is 1. The summed E-state index contributed by atoms with van der Waals surface area (Å²) >= 11 is 6.48. The number of rotatable bonds is 3. The predicted octanol–water partition coefficient (Wildman–Crippen LogP) is 3.09. The topological polar surface area (TPSA) is 67.3 Å². The zero-order valence-corrected chi connectivity index (χ0v) is 14.9. The van der Waals surface area contributed by atoms with Crippen LogP contribution in [0.1, 0.15) is 28.6 Å². The highest BCUT2D eigenvalue weighted by Crippen LogP contribution is 2.32. The van der Waals surface area contributed by atoms with Gasteiger partial charge in [-0.05, 0) is 18.1 Å². The van der Waals surface area contributed by atoms with Crippen LogP contribution < -0.4 is 0 Å². The fourth-order valence-electron chi connectivity index (χ4n) is 3.37. The zero-order chi connectivity index (χ0) is 17.6. The molecule has 1 aliphatic rings. The third-order valence-corrected chi connectivity index (χ3v) is 5.03. The molecule has 0 radical (unpaired) electrons. The van der Waals surface area contributed by atoms with Crippen molar-refractivity contribution in [1.82, 2.24) is 19.8 Å². The maximum Gasteiger partial charge on any atom is 0.134 e. The fourth-order valence-corrected chi connectivity index (χ4v) is 3.55. The Labute approximate surface area is 150 Å². The van der Waals surface area contributed by atoms with Crippen LogP contribution in [0.4, 0.5) is 0 Å². The summed E-state index contributed by atoms with van der Waals surface area (Å²) in [5.41, 5.74) is 4.43. The van der Waals surface area contributed by atoms with Gasteiger partial charge >= 0.3 is 0 Å². The molecule has 6 nitrogen and oxygen atoms in total. The lowest BCUT2D eigenvalue weighted by Crippen LogP contribution is -2.33. The first kappa shape index (κ1) is 16.3. The summed E-state index contributed by atoms with van der Waals surface area (Å²) in [6.45, 7) is 3.74. The average Bonchev–Trinajstić information content (AvgIpc) is 3.13. The number of hydrogen-bond acceptors (Lipinski definition) is 5. The van der Waals surface area contributed by atoms with Gasteiger partial charge in [0.25, 0.3) is 0 Å². The summed E-state index contributed by atoms with van der Waals surface area (Å²) in [7, 11) is 1.81. The minimum absolute atomic E-state index is 0.502. The molecule has 7 heteroatoms. The van der Waals surface area contributed by atoms with Gasteiger partial charge in [-0.3, -0.25) is 9.58 Å². The van der Waals surface area contributed by atoms with Gasteiger partial charge in [-0.2, -0.15) is 5.10 Å². The van der Waals surface area contributed by atoms with Gasteiger partial charge in [0.05, 0.1) is 6.10 Å². The number of hydrogen-bond donors (Lipinski definition) is 1. The van der Waals surface area contributed by atoms with E-state index in [1.807, 2.05) is 38.2 Å². The first-order valence-electron chi connectivity index (χ1n) is 8.16. The van der Waals surface area contributed by atoms with Gasteiger partial charge in [-0.25, -0.2) is 0 Å². The molecule has 0 spiro atoms. The first-order valence-corrected chi connectivity index (χ1v) is 8.54. The van der Waals surface area contributed by atoms with Gasteiger partial charge in [0, 0.05) is 38.3 Å². The van der Waals surface area contributed by atoms with Crippen molar-refractivity contribution in [1.29, 1.82) is 0 Å². The predicted molar refractivity (Wildman–Crippen MR) is 94.0 cm³/mol. The second-order valence-corrected chi connectivity index (χ2v) is 6.81. The van der Waals surface area contributed by atoms with Crippen LogP contribution in [-0.2, 0) is 20.1 Å². The van der Waals surface area contributed by atoms with Crippen LogP contribution in [0.3, 0.4) is 0 Å². The molecule has 4 rings (SSSR count). The standard InChI is InChI=1S/C18H19ClN4O2/c1-11-7-15(21-25-11)17-14(18(19)22(2)20-17)9-23-8-12-5-3-4-6-13(12)16(24)10-23/h3-7,16,24H,8-10H2,1-2H3/t16-/m0/s1. The Kier molecular flexibility index (Phi) is 4.11. The van der Waals surface area contributed by atoms with E-state index < -0.39 is 6.10 Å². The SMILES string of the molecule is Cc1cc(-c2nn(C)c(Cl)c2CN2Cc3ccccc3[C@@H](O)C2)no1. The van der Waals surface area contributed by atoms with Crippen LogP contribution in [-0.4, -0.2) is 31.5 Å². The minimum atomic E-state index is -0.502. The Hall–Kier alpha value is -2.15. The summed E-state index contributed by atoms with van der Waals surface area (Å²) in [4.78, 5) is 2.17. The lowest BCUT2D eigenvalue weighted by atomic mass is 9.97. The number of aryl methyl sites for hydroxylation is 2. The first-order chi connectivity index (χ1) is 12.0. The lowest BCUT2D eigenvalue weighted by molar-refractivity contribution is 0.0883. The number of fused-ring (bicyclic) bond motifs is 1. The van der Waals surface area contributed by atoms with Crippen molar-refractivity contribution in [3.8, 4) is 11.4 Å². The van der Waals surface area contributed by atoms with E-state index in [4.69, 9.17) is 16.1 Å². The second kappa shape index (κ2) is 6.29. The number of benzene rings is 1. The Morgan fingerprint density at radius 3 is 2.92 bits per heavy atom. The molecular weight excluding hydrogens is 340 g/mol. The van der Waals surface area contributed by atoms with E-state index in [1.165, 1.54) is 0 Å². The van der Waals surface area contributed by atoms with Crippen LogP contribution in [0.15, 0.2) is 34.9 Å². The van der Waals surface area contributed by atoms with Crippen molar-refractivity contribution in [3.05, 3.63) is 57.9 Å². The normalized spacial score (nSPS) is 17.7. The molecule has 0 saturated heterocycles. The number of aliphatic hydroxyl groups is 1. The van der Waals surface area contributed by atoms with Crippen LogP contribution in [0, 0.1) is 6.92 Å². The van der Waals surface area contributed by atoms with E-state index in [-0.39, 0.29) is 0 Å². The van der Waals surface area contributed by atoms with Gasteiger partial charge in [0.1, 0.15) is 22.3 Å². The Morgan fingerprint density at radius 2 is 2.16 bits per heavy atom. The highest BCUT2D eigenvalue weighted by Gasteiger charge is 2.27. The molecule has 0 saturated carbocycles. The number of aromatic nitrogens is 3. The molecule has 0 amide bonds. The highest BCUT2D eigenvalue weighted by atomic mass is 35.5. The smallest absolute Gasteiger partial charge is 0.134 e. The van der Waals surface area contributed by atoms with Crippen molar-refractivity contribution < 1.29 is 9.63 Å². The molecule has 1 atom stereocenters. The monoisotopic (exact) mass is 358 g/mol. The van der Waals surface area contributed by atoms with E-state index >= 15 is 0 Å². The maximum absolute atomic E-state index is 10.5. The van der Waals surface area contributed by atoms with Gasteiger partial charge in [0.2, 0.25) is 0 Å². The Morgan fingerprint density at radius 1 is 1.36 bits per heavy atom. The summed E-state index contributed by atoms with van der Waals surface area (Å²) in [6, 6.07) is 9.84. The van der Waals surface area contributed by atoms with Crippen molar-refractivity contribution in [2.75, 3.05) is 6.54 Å². The van der Waals surface area contributed by atoms with Crippen molar-refractivity contribution in [3.63, 3.8) is 0 Å². The molecule has 0 fully saturated rings. The molecule has 2 aromatic heterocycles. The lowest BCUT2D eigenvalue weighted by Gasteiger charge is -2.32. The van der Waals surface area contributed by atoms with E-state index in [2.05, 4.69) is 21.2 Å². The highest BCUT2D eigenvalue weighted by molar-refractivity contribution is 6.30. The molecule has 0 aliphatic carbocycles. The molecule has 130 valence electrons. The maximum atomic E-state index is 10.5. The van der Waals surface area contributed by atoms with Gasteiger partial charge in [-0.1, -0.05) is 41.0 Å². The molecule has 0 bridgehead atoms. The molecule has 3 heterocycles. The molecule has 1 N–H and O–H groups in total. The van der Waals surface area contributed by atoms with E-state index in [0.717, 1.165) is 34.7 Å². The van der Waals surface area contributed by atoms with Crippen LogP contribution in [0.5, 0.6) is 0 Å². The zero-order valence-electron chi connectivity index (χ0n) is 14.1. The Bertz CT molecular complexity index is 918. The number of aliphatic hydroxyl groups excluding tert-OH is 1. The molecule has 1 aliphatic heterocycles. The van der Waals surface area contributed by atoms with Gasteiger partial charge < -0.3 is 9.63 Å². The molecular formula is C18H19ClN4O2. The van der Waals surface area contributed by atoms with Crippen LogP contribution >= 0.6 is 11.6 Å². The van der Waals surface area contributed by atoms with E-state index in [1.54, 1.807) is 4.68 Å². The number of nitrogens with zero attached hydrogens (tertiary/aromatic N) is 4. The fraction of sp³-hybridized carbons (Fsp3) is 0.333. The molecule has 3 aromatic rings. The third kappa shape index (κ3) is 2.97. The molecule has 25 heavy (non-hydrogen) atoms. The molecule has 1 aromatic carbocycles. The molecule has 0 unspecified atom stereocenters. The van der Waals surface area contributed by atoms with Crippen LogP contribution in [0.25, 0.3) is 11.4 Å². The van der Waals surface area contributed by atoms with E-state index in [9.17, 15) is 5.11 Å². The summed E-state index contributed by atoms with van der Waals surface area (Å²) in [6.07, 6.45) is -0.502.